The second-order valence-electron chi connectivity index (χ2n) is 5.22. The first-order valence-corrected chi connectivity index (χ1v) is 7.27. The van der Waals surface area contributed by atoms with E-state index in [1.807, 2.05) is 30.3 Å². The van der Waals surface area contributed by atoms with Crippen LogP contribution in [-0.4, -0.2) is 41.4 Å². The number of nitrogens with zero attached hydrogens (tertiary/aromatic N) is 3. The van der Waals surface area contributed by atoms with Gasteiger partial charge in [-0.05, 0) is 25.1 Å². The standard InChI is InChI=1S/C15H17N5O/c1-2-5-12-11(4-1)10-13(21-12)14-17-15(19-18-14)20-8-3-6-16-7-9-20/h1-2,4-5,10,16H,3,6-9H2,(H,17,18,19). The highest BCUT2D eigenvalue weighted by atomic mass is 16.3. The first-order chi connectivity index (χ1) is 10.4. The zero-order chi connectivity index (χ0) is 14.1. The van der Waals surface area contributed by atoms with E-state index in [2.05, 4.69) is 25.4 Å². The molecule has 0 unspecified atom stereocenters. The van der Waals surface area contributed by atoms with E-state index in [0.29, 0.717) is 5.82 Å². The summed E-state index contributed by atoms with van der Waals surface area (Å²) in [5.41, 5.74) is 0.865. The van der Waals surface area contributed by atoms with E-state index in [4.69, 9.17) is 4.42 Å². The molecule has 108 valence electrons. The normalized spacial score (nSPS) is 16.3. The van der Waals surface area contributed by atoms with E-state index < -0.39 is 0 Å². The second kappa shape index (κ2) is 5.21. The minimum atomic E-state index is 0.679. The van der Waals surface area contributed by atoms with Crippen molar-refractivity contribution in [3.05, 3.63) is 30.3 Å². The Balaban J connectivity index is 1.63. The molecule has 1 saturated heterocycles. The number of fused-ring (bicyclic) bond motifs is 1. The molecule has 0 amide bonds. The first-order valence-electron chi connectivity index (χ1n) is 7.27. The van der Waals surface area contributed by atoms with Crippen LogP contribution in [0.3, 0.4) is 0 Å². The van der Waals surface area contributed by atoms with E-state index in [1.165, 1.54) is 0 Å². The van der Waals surface area contributed by atoms with Gasteiger partial charge in [0.2, 0.25) is 5.95 Å². The van der Waals surface area contributed by atoms with Crippen LogP contribution in [0.25, 0.3) is 22.6 Å². The van der Waals surface area contributed by atoms with Gasteiger partial charge in [0.1, 0.15) is 5.58 Å². The molecule has 0 radical (unpaired) electrons. The lowest BCUT2D eigenvalue weighted by atomic mass is 10.2. The number of para-hydroxylation sites is 1. The smallest absolute Gasteiger partial charge is 0.245 e. The van der Waals surface area contributed by atoms with Gasteiger partial charge in [-0.1, -0.05) is 18.2 Å². The van der Waals surface area contributed by atoms with Crippen molar-refractivity contribution in [2.75, 3.05) is 31.1 Å². The van der Waals surface area contributed by atoms with E-state index >= 15 is 0 Å². The van der Waals surface area contributed by atoms with Gasteiger partial charge in [-0.2, -0.15) is 4.98 Å². The number of nitrogens with one attached hydrogen (secondary N) is 2. The Hall–Kier alpha value is -2.34. The molecule has 0 aliphatic carbocycles. The molecule has 2 N–H and O–H groups in total. The number of furan rings is 1. The first kappa shape index (κ1) is 12.4. The molecule has 2 aromatic heterocycles. The quantitative estimate of drug-likeness (QED) is 0.753. The Morgan fingerprint density at radius 1 is 1.14 bits per heavy atom. The van der Waals surface area contributed by atoms with E-state index in [9.17, 15) is 0 Å². The summed E-state index contributed by atoms with van der Waals surface area (Å²) in [4.78, 5) is 6.78. The Bertz CT molecular complexity index is 706. The summed E-state index contributed by atoms with van der Waals surface area (Å²) in [6, 6.07) is 9.93. The Labute approximate surface area is 122 Å². The van der Waals surface area contributed by atoms with Crippen molar-refractivity contribution in [2.24, 2.45) is 0 Å². The number of anilines is 1. The van der Waals surface area contributed by atoms with Crippen molar-refractivity contribution in [2.45, 2.75) is 6.42 Å². The molecular weight excluding hydrogens is 266 g/mol. The molecule has 1 aromatic carbocycles. The van der Waals surface area contributed by atoms with Gasteiger partial charge < -0.3 is 14.6 Å². The fourth-order valence-electron chi connectivity index (χ4n) is 2.65. The van der Waals surface area contributed by atoms with Crippen molar-refractivity contribution >= 4 is 16.9 Å². The van der Waals surface area contributed by atoms with Gasteiger partial charge in [0, 0.05) is 25.0 Å². The third-order valence-corrected chi connectivity index (χ3v) is 3.76. The topological polar surface area (TPSA) is 70.0 Å². The fourth-order valence-corrected chi connectivity index (χ4v) is 2.65. The van der Waals surface area contributed by atoms with Gasteiger partial charge in [-0.3, -0.25) is 5.10 Å². The van der Waals surface area contributed by atoms with Crippen LogP contribution in [0, 0.1) is 0 Å². The molecule has 0 spiro atoms. The molecule has 0 bridgehead atoms. The van der Waals surface area contributed by atoms with Crippen LogP contribution in [-0.2, 0) is 0 Å². The average Bonchev–Trinajstić information content (AvgIpc) is 3.07. The van der Waals surface area contributed by atoms with Crippen molar-refractivity contribution < 1.29 is 4.42 Å². The molecule has 1 aliphatic rings. The molecule has 6 heteroatoms. The lowest BCUT2D eigenvalue weighted by molar-refractivity contribution is 0.625. The maximum atomic E-state index is 5.81. The van der Waals surface area contributed by atoms with Crippen LogP contribution in [0.4, 0.5) is 5.95 Å². The van der Waals surface area contributed by atoms with Gasteiger partial charge in [-0.25, -0.2) is 0 Å². The molecule has 1 aliphatic heterocycles. The summed E-state index contributed by atoms with van der Waals surface area (Å²) in [6.45, 7) is 3.92. The van der Waals surface area contributed by atoms with Crippen LogP contribution in [0.15, 0.2) is 34.7 Å². The summed E-state index contributed by atoms with van der Waals surface area (Å²) >= 11 is 0. The molecule has 4 rings (SSSR count). The fraction of sp³-hybridized carbons (Fsp3) is 0.333. The highest BCUT2D eigenvalue weighted by molar-refractivity contribution is 5.81. The van der Waals surface area contributed by atoms with Gasteiger partial charge >= 0.3 is 0 Å². The zero-order valence-electron chi connectivity index (χ0n) is 11.7. The molecule has 3 aromatic rings. The average molecular weight is 283 g/mol. The highest BCUT2D eigenvalue weighted by Crippen LogP contribution is 2.26. The minimum absolute atomic E-state index is 0.679. The minimum Gasteiger partial charge on any atom is -0.453 e. The Morgan fingerprint density at radius 3 is 3.05 bits per heavy atom. The largest absolute Gasteiger partial charge is 0.453 e. The SMILES string of the molecule is c1ccc2oc(-c3nc(N4CCCNCC4)n[nH]3)cc2c1. The lowest BCUT2D eigenvalue weighted by Gasteiger charge is -2.16. The van der Waals surface area contributed by atoms with Crippen molar-refractivity contribution in [1.29, 1.82) is 0 Å². The number of benzene rings is 1. The number of hydrogen-bond donors (Lipinski definition) is 2. The van der Waals surface area contributed by atoms with Crippen LogP contribution in [0.1, 0.15) is 6.42 Å². The van der Waals surface area contributed by atoms with E-state index in [-0.39, 0.29) is 0 Å². The van der Waals surface area contributed by atoms with Crippen molar-refractivity contribution in [3.8, 4) is 11.6 Å². The van der Waals surface area contributed by atoms with Gasteiger partial charge in [0.05, 0.1) is 0 Å². The predicted octanol–water partition coefficient (Wildman–Crippen LogP) is 2.02. The van der Waals surface area contributed by atoms with Gasteiger partial charge in [0.15, 0.2) is 11.6 Å². The molecule has 6 nitrogen and oxygen atoms in total. The Kier molecular flexibility index (Phi) is 3.08. The second-order valence-corrected chi connectivity index (χ2v) is 5.22. The molecule has 1 fully saturated rings. The summed E-state index contributed by atoms with van der Waals surface area (Å²) < 4.78 is 5.81. The summed E-state index contributed by atoms with van der Waals surface area (Å²) in [5, 5.41) is 11.8. The number of hydrogen-bond acceptors (Lipinski definition) is 5. The number of rotatable bonds is 2. The van der Waals surface area contributed by atoms with Crippen LogP contribution >= 0.6 is 0 Å². The third kappa shape index (κ3) is 2.38. The van der Waals surface area contributed by atoms with Crippen LogP contribution in [0.2, 0.25) is 0 Å². The molecule has 3 heterocycles. The zero-order valence-corrected chi connectivity index (χ0v) is 11.7. The van der Waals surface area contributed by atoms with Crippen LogP contribution < -0.4 is 10.2 Å². The summed E-state index contributed by atoms with van der Waals surface area (Å²) in [7, 11) is 0. The van der Waals surface area contributed by atoms with Crippen molar-refractivity contribution in [3.63, 3.8) is 0 Å². The lowest BCUT2D eigenvalue weighted by Crippen LogP contribution is -2.28. The van der Waals surface area contributed by atoms with Gasteiger partial charge in [0.25, 0.3) is 0 Å². The van der Waals surface area contributed by atoms with E-state index in [1.54, 1.807) is 0 Å². The third-order valence-electron chi connectivity index (χ3n) is 3.76. The maximum absolute atomic E-state index is 5.81. The van der Waals surface area contributed by atoms with Gasteiger partial charge in [-0.15, -0.1) is 5.10 Å². The number of H-pyrrole nitrogens is 1. The number of aromatic nitrogens is 3. The summed E-state index contributed by atoms with van der Waals surface area (Å²) in [5.74, 6) is 2.15. The predicted molar refractivity (Wildman–Crippen MR) is 81.3 cm³/mol. The molecular formula is C15H17N5O. The number of aromatic amines is 1. The molecule has 0 saturated carbocycles. The monoisotopic (exact) mass is 283 g/mol. The van der Waals surface area contributed by atoms with E-state index in [0.717, 1.165) is 55.3 Å². The molecule has 0 atom stereocenters. The van der Waals surface area contributed by atoms with Crippen LogP contribution in [0.5, 0.6) is 0 Å². The van der Waals surface area contributed by atoms with Crippen molar-refractivity contribution in [1.82, 2.24) is 20.5 Å². The Morgan fingerprint density at radius 2 is 2.10 bits per heavy atom. The summed E-state index contributed by atoms with van der Waals surface area (Å²) in [6.07, 6.45) is 1.11. The maximum Gasteiger partial charge on any atom is 0.245 e. The molecule has 21 heavy (non-hydrogen) atoms. The highest BCUT2D eigenvalue weighted by Gasteiger charge is 2.16.